The summed E-state index contributed by atoms with van der Waals surface area (Å²) in [5.74, 6) is 1.38. The van der Waals surface area contributed by atoms with Crippen LogP contribution >= 0.6 is 0 Å². The number of halogens is 1. The van der Waals surface area contributed by atoms with Crippen molar-refractivity contribution in [1.29, 1.82) is 0 Å². The van der Waals surface area contributed by atoms with E-state index >= 15 is 0 Å². The van der Waals surface area contributed by atoms with E-state index in [0.717, 1.165) is 0 Å². The van der Waals surface area contributed by atoms with Crippen LogP contribution < -0.4 is 0 Å². The highest BCUT2D eigenvalue weighted by atomic mass is 19.1. The SMILES string of the molecule is C#CCO/N=C(/C(C)=NOCc1ccccc1C(=COC)C(=O)OC)c1ccc(F)cc1. The molecule has 0 atom stereocenters. The third kappa shape index (κ3) is 6.71. The topological polar surface area (TPSA) is 78.7 Å². The van der Waals surface area contributed by atoms with Crippen LogP contribution in [0.2, 0.25) is 0 Å². The van der Waals surface area contributed by atoms with E-state index in [2.05, 4.69) is 16.2 Å². The number of carbonyl (C=O) groups is 1. The lowest BCUT2D eigenvalue weighted by Crippen LogP contribution is -2.14. The predicted octanol–water partition coefficient (Wildman–Crippen LogP) is 3.93. The van der Waals surface area contributed by atoms with E-state index in [1.54, 1.807) is 43.3 Å². The third-order valence-electron chi connectivity index (χ3n) is 4.13. The van der Waals surface area contributed by atoms with Gasteiger partial charge in [0.2, 0.25) is 0 Å². The average molecular weight is 438 g/mol. The third-order valence-corrected chi connectivity index (χ3v) is 4.13. The molecule has 0 bridgehead atoms. The molecule has 0 amide bonds. The molecule has 0 heterocycles. The van der Waals surface area contributed by atoms with Gasteiger partial charge in [-0.3, -0.25) is 0 Å². The van der Waals surface area contributed by atoms with E-state index in [-0.39, 0.29) is 24.6 Å². The second-order valence-electron chi connectivity index (χ2n) is 6.29. The Labute approximate surface area is 186 Å². The monoisotopic (exact) mass is 438 g/mol. The van der Waals surface area contributed by atoms with Crippen molar-refractivity contribution in [1.82, 2.24) is 0 Å². The van der Waals surface area contributed by atoms with Crippen LogP contribution in [0, 0.1) is 18.2 Å². The zero-order chi connectivity index (χ0) is 23.3. The van der Waals surface area contributed by atoms with Crippen molar-refractivity contribution in [2.24, 2.45) is 10.3 Å². The molecule has 0 aliphatic rings. The highest BCUT2D eigenvalue weighted by molar-refractivity contribution is 6.47. The summed E-state index contributed by atoms with van der Waals surface area (Å²) in [5, 5.41) is 8.10. The van der Waals surface area contributed by atoms with Gasteiger partial charge in [-0.15, -0.1) is 6.42 Å². The minimum Gasteiger partial charge on any atom is -0.503 e. The van der Waals surface area contributed by atoms with Crippen LogP contribution in [-0.4, -0.2) is 38.2 Å². The number of rotatable bonds is 10. The van der Waals surface area contributed by atoms with Gasteiger partial charge in [-0.2, -0.15) is 0 Å². The smallest absolute Gasteiger partial charge is 0.341 e. The van der Waals surface area contributed by atoms with Crippen molar-refractivity contribution in [2.75, 3.05) is 20.8 Å². The molecule has 0 aromatic heterocycles. The van der Waals surface area contributed by atoms with E-state index in [1.807, 2.05) is 0 Å². The van der Waals surface area contributed by atoms with Crippen LogP contribution in [0.25, 0.3) is 5.57 Å². The van der Waals surface area contributed by atoms with Crippen LogP contribution in [0.4, 0.5) is 4.39 Å². The van der Waals surface area contributed by atoms with E-state index < -0.39 is 5.97 Å². The molecule has 2 aromatic rings. The van der Waals surface area contributed by atoms with Gasteiger partial charge in [0.15, 0.2) is 6.61 Å². The van der Waals surface area contributed by atoms with E-state index in [1.165, 1.54) is 32.6 Å². The molecule has 0 unspecified atom stereocenters. The van der Waals surface area contributed by atoms with Crippen LogP contribution in [0.5, 0.6) is 0 Å². The summed E-state index contributed by atoms with van der Waals surface area (Å²) in [7, 11) is 2.73. The lowest BCUT2D eigenvalue weighted by Gasteiger charge is -2.11. The molecule has 0 radical (unpaired) electrons. The number of esters is 1. The number of hydrogen-bond donors (Lipinski definition) is 0. The molecule has 0 saturated heterocycles. The summed E-state index contributed by atoms with van der Waals surface area (Å²) in [6.07, 6.45) is 6.50. The zero-order valence-electron chi connectivity index (χ0n) is 18.0. The van der Waals surface area contributed by atoms with E-state index in [9.17, 15) is 9.18 Å². The minimum atomic E-state index is -0.546. The number of benzene rings is 2. The van der Waals surface area contributed by atoms with Crippen molar-refractivity contribution in [3.05, 3.63) is 77.3 Å². The zero-order valence-corrected chi connectivity index (χ0v) is 18.0. The molecule has 0 fully saturated rings. The second kappa shape index (κ2) is 12.5. The number of terminal acetylenes is 1. The van der Waals surface area contributed by atoms with Crippen LogP contribution in [0.15, 0.2) is 65.1 Å². The van der Waals surface area contributed by atoms with Crippen molar-refractivity contribution >= 4 is 23.0 Å². The summed E-state index contributed by atoms with van der Waals surface area (Å²) >= 11 is 0. The number of ether oxygens (including phenoxy) is 2. The standard InChI is InChI=1S/C24H23FN2O5/c1-5-14-31-27-23(18-10-12-20(25)13-11-18)17(2)26-32-15-19-8-6-7-9-21(19)22(16-29-3)24(28)30-4/h1,6-13,16H,14-15H2,2-4H3/b22-16?,26-17?,27-23-. The Balaban J connectivity index is 2.26. The molecule has 166 valence electrons. The first-order chi connectivity index (χ1) is 15.5. The van der Waals surface area contributed by atoms with Gasteiger partial charge in [-0.05, 0) is 36.8 Å². The molecule has 0 saturated carbocycles. The highest BCUT2D eigenvalue weighted by Crippen LogP contribution is 2.22. The first-order valence-corrected chi connectivity index (χ1v) is 9.47. The fourth-order valence-electron chi connectivity index (χ4n) is 2.67. The fourth-order valence-corrected chi connectivity index (χ4v) is 2.67. The lowest BCUT2D eigenvalue weighted by molar-refractivity contribution is -0.133. The predicted molar refractivity (Wildman–Crippen MR) is 119 cm³/mol. The van der Waals surface area contributed by atoms with Crippen LogP contribution in [0.3, 0.4) is 0 Å². The number of methoxy groups -OCH3 is 2. The summed E-state index contributed by atoms with van der Waals surface area (Å²) in [4.78, 5) is 22.7. The van der Waals surface area contributed by atoms with Gasteiger partial charge < -0.3 is 19.1 Å². The number of oxime groups is 2. The summed E-state index contributed by atoms with van der Waals surface area (Å²) < 4.78 is 23.1. The quantitative estimate of drug-likeness (QED) is 0.107. The van der Waals surface area contributed by atoms with Gasteiger partial charge >= 0.3 is 5.97 Å². The van der Waals surface area contributed by atoms with Crippen molar-refractivity contribution in [3.8, 4) is 12.3 Å². The molecule has 8 heteroatoms. The van der Waals surface area contributed by atoms with E-state index in [4.69, 9.17) is 25.6 Å². The van der Waals surface area contributed by atoms with Crippen molar-refractivity contribution < 1.29 is 28.3 Å². The van der Waals surface area contributed by atoms with E-state index in [0.29, 0.717) is 28.1 Å². The molecule has 0 aliphatic heterocycles. The molecule has 2 aromatic carbocycles. The molecule has 32 heavy (non-hydrogen) atoms. The number of carbonyl (C=O) groups excluding carboxylic acids is 1. The fraction of sp³-hybridized carbons (Fsp3) is 0.208. The second-order valence-corrected chi connectivity index (χ2v) is 6.29. The maximum Gasteiger partial charge on any atom is 0.341 e. The highest BCUT2D eigenvalue weighted by Gasteiger charge is 2.17. The van der Waals surface area contributed by atoms with Gasteiger partial charge in [0, 0.05) is 11.1 Å². The van der Waals surface area contributed by atoms with Crippen molar-refractivity contribution in [3.63, 3.8) is 0 Å². The number of nitrogens with zero attached hydrogens (tertiary/aromatic N) is 2. The largest absolute Gasteiger partial charge is 0.503 e. The molecule has 7 nitrogen and oxygen atoms in total. The van der Waals surface area contributed by atoms with Gasteiger partial charge in [-0.25, -0.2) is 9.18 Å². The Morgan fingerprint density at radius 2 is 1.81 bits per heavy atom. The molecular weight excluding hydrogens is 415 g/mol. The van der Waals surface area contributed by atoms with Crippen LogP contribution in [-0.2, 0) is 30.6 Å². The maximum absolute atomic E-state index is 13.3. The normalized spacial score (nSPS) is 12.0. The first kappa shape index (κ1) is 24.2. The van der Waals surface area contributed by atoms with Crippen LogP contribution in [0.1, 0.15) is 23.6 Å². The Hall–Kier alpha value is -4.12. The lowest BCUT2D eigenvalue weighted by atomic mass is 10.0. The van der Waals surface area contributed by atoms with Gasteiger partial charge in [0.05, 0.1) is 20.5 Å². The minimum absolute atomic E-state index is 0.0334. The van der Waals surface area contributed by atoms with Crippen molar-refractivity contribution in [2.45, 2.75) is 13.5 Å². The Kier molecular flexibility index (Phi) is 9.47. The van der Waals surface area contributed by atoms with Gasteiger partial charge in [0.1, 0.15) is 29.4 Å². The Morgan fingerprint density at radius 1 is 1.09 bits per heavy atom. The maximum atomic E-state index is 13.3. The molecule has 0 spiro atoms. The molecule has 2 rings (SSSR count). The Morgan fingerprint density at radius 3 is 2.47 bits per heavy atom. The average Bonchev–Trinajstić information content (AvgIpc) is 2.81. The summed E-state index contributed by atoms with van der Waals surface area (Å²) in [5.41, 5.74) is 2.80. The first-order valence-electron chi connectivity index (χ1n) is 9.47. The Bertz CT molecular complexity index is 1050. The summed E-state index contributed by atoms with van der Waals surface area (Å²) in [6.45, 7) is 1.68. The van der Waals surface area contributed by atoms with Gasteiger partial charge in [-0.1, -0.05) is 40.5 Å². The molecule has 0 aliphatic carbocycles. The summed E-state index contributed by atoms with van der Waals surface area (Å²) in [6, 6.07) is 12.8. The van der Waals surface area contributed by atoms with Gasteiger partial charge in [0.25, 0.3) is 0 Å². The molecule has 0 N–H and O–H groups in total. The number of hydrogen-bond acceptors (Lipinski definition) is 7. The molecular formula is C24H23FN2O5.